The zero-order valence-electron chi connectivity index (χ0n) is 15.1. The number of hydrogen-bond donors (Lipinski definition) is 4. The maximum Gasteiger partial charge on any atom is 0.393 e. The van der Waals surface area contributed by atoms with Gasteiger partial charge >= 0.3 is 12.1 Å². The molecule has 0 heterocycles. The number of aliphatic carboxylic acids is 1. The Balaban J connectivity index is 2.49. The number of benzene rings is 1. The largest absolute Gasteiger partial charge is 0.480 e. The number of carbonyl (C=O) groups is 1. The summed E-state index contributed by atoms with van der Waals surface area (Å²) in [6.45, 7) is 0. The first-order chi connectivity index (χ1) is 13.0. The number of aliphatic hydroxyl groups excluding tert-OH is 2. The van der Waals surface area contributed by atoms with Crippen molar-refractivity contribution in [2.24, 2.45) is 5.73 Å². The molecule has 28 heavy (non-hydrogen) atoms. The van der Waals surface area contributed by atoms with Gasteiger partial charge in [0.1, 0.15) is 6.10 Å². The number of carboxylic acids is 1. The van der Waals surface area contributed by atoms with Gasteiger partial charge in [0.2, 0.25) is 0 Å². The van der Waals surface area contributed by atoms with Gasteiger partial charge in [-0.05, 0) is 30.4 Å². The highest BCUT2D eigenvalue weighted by atomic mass is 19.4. The van der Waals surface area contributed by atoms with E-state index in [4.69, 9.17) is 16.1 Å². The number of hydrogen-bond acceptors (Lipinski definition) is 5. The first-order valence-corrected chi connectivity index (χ1v) is 8.54. The van der Waals surface area contributed by atoms with Crippen molar-refractivity contribution in [1.82, 2.24) is 0 Å². The Morgan fingerprint density at radius 2 is 1.75 bits per heavy atom. The van der Waals surface area contributed by atoms with Crippen molar-refractivity contribution in [3.63, 3.8) is 0 Å². The van der Waals surface area contributed by atoms with Gasteiger partial charge in [0.15, 0.2) is 5.54 Å². The van der Waals surface area contributed by atoms with Gasteiger partial charge in [0.05, 0.1) is 25.0 Å². The lowest BCUT2D eigenvalue weighted by molar-refractivity contribution is -0.151. The summed E-state index contributed by atoms with van der Waals surface area (Å²) in [6.07, 6.45) is -4.90. The van der Waals surface area contributed by atoms with E-state index < -0.39 is 42.7 Å². The first-order valence-electron chi connectivity index (χ1n) is 8.54. The number of aryl methyl sites for hydroxylation is 1. The van der Waals surface area contributed by atoms with E-state index in [2.05, 4.69) is 0 Å². The van der Waals surface area contributed by atoms with Crippen molar-refractivity contribution in [3.05, 3.63) is 47.5 Å². The molecule has 0 spiro atoms. The molecule has 3 unspecified atom stereocenters. The van der Waals surface area contributed by atoms with Crippen LogP contribution in [-0.4, -0.2) is 45.2 Å². The molecule has 0 bridgehead atoms. The van der Waals surface area contributed by atoms with Crippen LogP contribution in [0.2, 0.25) is 0 Å². The van der Waals surface area contributed by atoms with Crippen LogP contribution in [0.25, 0.3) is 0 Å². The summed E-state index contributed by atoms with van der Waals surface area (Å²) in [7, 11) is 0. The normalized spacial score (nSPS) is 16.3. The van der Waals surface area contributed by atoms with Gasteiger partial charge in [0.25, 0.3) is 0 Å². The molecule has 0 aromatic heterocycles. The molecule has 0 saturated carbocycles. The molecule has 9 heteroatoms. The number of carboxylic acid groups (broad SMARTS) is 1. The molecule has 3 atom stereocenters. The number of nitrogens with two attached hydrogens (primary N) is 1. The fraction of sp³-hybridized carbons (Fsp3) is 0.474. The number of nitriles is 1. The van der Waals surface area contributed by atoms with Crippen LogP contribution in [-0.2, 0) is 17.6 Å². The lowest BCUT2D eigenvalue weighted by Gasteiger charge is -2.30. The second kappa shape index (κ2) is 10.2. The molecule has 1 aromatic carbocycles. The van der Waals surface area contributed by atoms with Gasteiger partial charge in [-0.15, -0.1) is 0 Å². The highest BCUT2D eigenvalue weighted by Crippen LogP contribution is 2.22. The Morgan fingerprint density at radius 1 is 1.18 bits per heavy atom. The molecule has 0 fully saturated rings. The third kappa shape index (κ3) is 7.31. The molecule has 1 rings (SSSR count). The predicted octanol–water partition coefficient (Wildman–Crippen LogP) is 2.09. The van der Waals surface area contributed by atoms with E-state index in [1.165, 1.54) is 12.1 Å². The van der Waals surface area contributed by atoms with Gasteiger partial charge in [-0.25, -0.2) is 0 Å². The molecule has 0 saturated heterocycles. The number of halogens is 3. The van der Waals surface area contributed by atoms with Crippen LogP contribution in [0.1, 0.15) is 30.4 Å². The Bertz CT molecular complexity index is 713. The van der Waals surface area contributed by atoms with Crippen molar-refractivity contribution in [2.45, 2.75) is 56.0 Å². The number of alkyl halides is 3. The second-order valence-electron chi connectivity index (χ2n) is 6.55. The summed E-state index contributed by atoms with van der Waals surface area (Å²) in [6, 6.07) is 7.66. The summed E-state index contributed by atoms with van der Waals surface area (Å²) in [5, 5.41) is 37.6. The van der Waals surface area contributed by atoms with E-state index >= 15 is 0 Å². The minimum atomic E-state index is -4.25. The van der Waals surface area contributed by atoms with E-state index in [1.54, 1.807) is 30.4 Å². The van der Waals surface area contributed by atoms with Crippen LogP contribution in [0.3, 0.4) is 0 Å². The van der Waals surface area contributed by atoms with E-state index in [0.29, 0.717) is 12.8 Å². The smallest absolute Gasteiger partial charge is 0.393 e. The molecule has 6 nitrogen and oxygen atoms in total. The topological polar surface area (TPSA) is 128 Å². The fourth-order valence-electron chi connectivity index (χ4n) is 2.57. The lowest BCUT2D eigenvalue weighted by Crippen LogP contribution is -2.61. The zero-order chi connectivity index (χ0) is 21.4. The third-order valence-corrected chi connectivity index (χ3v) is 4.23. The van der Waals surface area contributed by atoms with Crippen molar-refractivity contribution < 1.29 is 33.3 Å². The van der Waals surface area contributed by atoms with Crippen LogP contribution in [0.15, 0.2) is 36.4 Å². The van der Waals surface area contributed by atoms with E-state index in [1.807, 2.05) is 0 Å². The minimum Gasteiger partial charge on any atom is -0.480 e. The predicted molar refractivity (Wildman–Crippen MR) is 95.1 cm³/mol. The molecule has 154 valence electrons. The van der Waals surface area contributed by atoms with Crippen LogP contribution < -0.4 is 5.73 Å². The van der Waals surface area contributed by atoms with Gasteiger partial charge in [0, 0.05) is 0 Å². The summed E-state index contributed by atoms with van der Waals surface area (Å²) < 4.78 is 36.9. The number of nitrogens with zero attached hydrogens (tertiary/aromatic N) is 1. The Labute approximate surface area is 160 Å². The van der Waals surface area contributed by atoms with E-state index in [0.717, 1.165) is 5.56 Å². The summed E-state index contributed by atoms with van der Waals surface area (Å²) in [5.74, 6) is -1.58. The Kier molecular flexibility index (Phi) is 8.63. The minimum absolute atomic E-state index is 0.0661. The molecule has 0 aliphatic carbocycles. The molecule has 0 aliphatic heterocycles. The van der Waals surface area contributed by atoms with Gasteiger partial charge in [-0.1, -0.05) is 36.4 Å². The maximum absolute atomic E-state index is 12.3. The molecule has 0 radical (unpaired) electrons. The first kappa shape index (κ1) is 23.6. The second-order valence-corrected chi connectivity index (χ2v) is 6.55. The highest BCUT2D eigenvalue weighted by molar-refractivity contribution is 5.80. The monoisotopic (exact) mass is 400 g/mol. The van der Waals surface area contributed by atoms with Gasteiger partial charge in [-0.3, -0.25) is 4.79 Å². The third-order valence-electron chi connectivity index (χ3n) is 4.23. The van der Waals surface area contributed by atoms with E-state index in [-0.39, 0.29) is 12.0 Å². The molecule has 0 amide bonds. The maximum atomic E-state index is 12.3. The summed E-state index contributed by atoms with van der Waals surface area (Å²) >= 11 is 0. The number of aliphatic hydroxyl groups is 2. The lowest BCUT2D eigenvalue weighted by atomic mass is 9.86. The van der Waals surface area contributed by atoms with Crippen LogP contribution >= 0.6 is 0 Å². The Morgan fingerprint density at radius 3 is 2.25 bits per heavy atom. The highest BCUT2D eigenvalue weighted by Gasteiger charge is 2.44. The van der Waals surface area contributed by atoms with Gasteiger partial charge in [-0.2, -0.15) is 18.4 Å². The van der Waals surface area contributed by atoms with Crippen molar-refractivity contribution in [1.29, 1.82) is 5.26 Å². The summed E-state index contributed by atoms with van der Waals surface area (Å²) in [4.78, 5) is 11.2. The molecule has 0 aliphatic rings. The van der Waals surface area contributed by atoms with Crippen molar-refractivity contribution in [2.75, 3.05) is 0 Å². The molecular weight excluding hydrogens is 377 g/mol. The van der Waals surface area contributed by atoms with E-state index in [9.17, 15) is 28.2 Å². The molecule has 1 aromatic rings. The average molecular weight is 400 g/mol. The SMILES string of the molecule is N#CCC(N)(C(=O)O)C(O)C(O)CC=CCCc1ccc(CC(F)(F)F)cc1. The zero-order valence-corrected chi connectivity index (χ0v) is 15.1. The van der Waals surface area contributed by atoms with Crippen molar-refractivity contribution in [3.8, 4) is 6.07 Å². The Hall–Kier alpha value is -2.41. The number of rotatable bonds is 10. The van der Waals surface area contributed by atoms with Crippen LogP contribution in [0.5, 0.6) is 0 Å². The molecular formula is C19H23F3N2O4. The van der Waals surface area contributed by atoms with Crippen LogP contribution in [0.4, 0.5) is 13.2 Å². The fourth-order valence-corrected chi connectivity index (χ4v) is 2.57. The standard InChI is InChI=1S/C19H23F3N2O4/c20-19(21,22)12-14-8-6-13(7-9-14)4-2-1-3-5-15(25)16(26)18(24,10-11-23)17(27)28/h1,3,6-9,15-16,25-26H,2,4-5,10,12,24H2,(H,27,28). The average Bonchev–Trinajstić information content (AvgIpc) is 2.60. The molecule has 5 N–H and O–H groups in total. The quantitative estimate of drug-likeness (QED) is 0.445. The van der Waals surface area contributed by atoms with Gasteiger partial charge < -0.3 is 21.1 Å². The van der Waals surface area contributed by atoms with Crippen LogP contribution in [0, 0.1) is 11.3 Å². The van der Waals surface area contributed by atoms with Crippen molar-refractivity contribution >= 4 is 5.97 Å². The summed E-state index contributed by atoms with van der Waals surface area (Å²) in [5.41, 5.74) is 4.29. The number of allylic oxidation sites excluding steroid dienone is 1.